The van der Waals surface area contributed by atoms with Crippen LogP contribution < -0.4 is 0 Å². The van der Waals surface area contributed by atoms with Crippen molar-refractivity contribution in [3.63, 3.8) is 0 Å². The lowest BCUT2D eigenvalue weighted by molar-refractivity contribution is 0.0730. The van der Waals surface area contributed by atoms with Crippen molar-refractivity contribution < 1.29 is 4.79 Å². The number of H-pyrrole nitrogens is 1. The monoisotopic (exact) mass is 324 g/mol. The standard InChI is InChI=1S/C17H16N4OS/c22-17(21(13-6-7-13)11-15-18-8-9-23-15)14-10-19-20-16(14)12-4-2-1-3-5-12/h1-5,8-10,13H,6-7,11H2,(H,19,20). The topological polar surface area (TPSA) is 61.9 Å². The van der Waals surface area contributed by atoms with Crippen LogP contribution in [-0.2, 0) is 6.54 Å². The van der Waals surface area contributed by atoms with Gasteiger partial charge in [0.15, 0.2) is 0 Å². The average Bonchev–Trinajstić information content (AvgIpc) is 3.10. The molecule has 0 atom stereocenters. The van der Waals surface area contributed by atoms with Gasteiger partial charge >= 0.3 is 0 Å². The number of aromatic nitrogens is 3. The Kier molecular flexibility index (Phi) is 3.67. The molecular weight excluding hydrogens is 308 g/mol. The van der Waals surface area contributed by atoms with Gasteiger partial charge in [-0.15, -0.1) is 11.3 Å². The van der Waals surface area contributed by atoms with Crippen molar-refractivity contribution in [3.8, 4) is 11.3 Å². The lowest BCUT2D eigenvalue weighted by Crippen LogP contribution is -2.32. The molecule has 0 spiro atoms. The second-order valence-corrected chi connectivity index (χ2v) is 6.59. The SMILES string of the molecule is O=C(c1cn[nH]c1-c1ccccc1)N(Cc1nccs1)C1CC1. The van der Waals surface area contributed by atoms with Crippen molar-refractivity contribution >= 4 is 17.2 Å². The highest BCUT2D eigenvalue weighted by Crippen LogP contribution is 2.32. The van der Waals surface area contributed by atoms with Crippen molar-refractivity contribution in [2.75, 3.05) is 0 Å². The van der Waals surface area contributed by atoms with Crippen LogP contribution in [0.4, 0.5) is 0 Å². The van der Waals surface area contributed by atoms with Crippen LogP contribution in [-0.4, -0.2) is 32.0 Å². The van der Waals surface area contributed by atoms with Gasteiger partial charge in [0.05, 0.1) is 24.0 Å². The molecule has 0 unspecified atom stereocenters. The minimum Gasteiger partial charge on any atom is -0.329 e. The normalized spacial score (nSPS) is 13.9. The van der Waals surface area contributed by atoms with Gasteiger partial charge in [-0.05, 0) is 12.8 Å². The third kappa shape index (κ3) is 2.90. The van der Waals surface area contributed by atoms with Gasteiger partial charge < -0.3 is 4.90 Å². The molecule has 0 radical (unpaired) electrons. The maximum Gasteiger partial charge on any atom is 0.258 e. The van der Waals surface area contributed by atoms with E-state index >= 15 is 0 Å². The highest BCUT2D eigenvalue weighted by molar-refractivity contribution is 7.09. The van der Waals surface area contributed by atoms with Crippen molar-refractivity contribution in [3.05, 3.63) is 58.7 Å². The van der Waals surface area contributed by atoms with Crippen LogP contribution in [0.25, 0.3) is 11.3 Å². The predicted octanol–water partition coefficient (Wildman–Crippen LogP) is 3.34. The molecule has 1 saturated carbocycles. The summed E-state index contributed by atoms with van der Waals surface area (Å²) in [5.41, 5.74) is 2.37. The molecule has 3 aromatic rings. The molecule has 1 amide bonds. The molecule has 6 heteroatoms. The van der Waals surface area contributed by atoms with E-state index in [1.807, 2.05) is 40.6 Å². The first-order valence-corrected chi connectivity index (χ1v) is 8.49. The zero-order chi connectivity index (χ0) is 15.6. The van der Waals surface area contributed by atoms with Crippen LogP contribution in [0.3, 0.4) is 0 Å². The van der Waals surface area contributed by atoms with Crippen LogP contribution >= 0.6 is 11.3 Å². The molecule has 2 heterocycles. The van der Waals surface area contributed by atoms with E-state index < -0.39 is 0 Å². The van der Waals surface area contributed by atoms with Crippen LogP contribution in [0.5, 0.6) is 0 Å². The fourth-order valence-electron chi connectivity index (χ4n) is 2.66. The summed E-state index contributed by atoms with van der Waals surface area (Å²) in [5, 5.41) is 9.97. The lowest BCUT2D eigenvalue weighted by Gasteiger charge is -2.21. The summed E-state index contributed by atoms with van der Waals surface area (Å²) in [5.74, 6) is 0.0234. The summed E-state index contributed by atoms with van der Waals surface area (Å²) in [4.78, 5) is 19.3. The summed E-state index contributed by atoms with van der Waals surface area (Å²) >= 11 is 1.58. The minimum atomic E-state index is 0.0234. The molecule has 1 N–H and O–H groups in total. The molecule has 5 nitrogen and oxygen atoms in total. The number of amides is 1. The molecule has 0 aliphatic heterocycles. The Balaban J connectivity index is 1.64. The largest absolute Gasteiger partial charge is 0.329 e. The Morgan fingerprint density at radius 1 is 1.30 bits per heavy atom. The first-order chi connectivity index (χ1) is 11.3. The number of carbonyl (C=O) groups is 1. The fourth-order valence-corrected chi connectivity index (χ4v) is 3.27. The number of benzene rings is 1. The quantitative estimate of drug-likeness (QED) is 0.783. The van der Waals surface area contributed by atoms with Crippen LogP contribution in [0.1, 0.15) is 28.2 Å². The van der Waals surface area contributed by atoms with Crippen LogP contribution in [0.15, 0.2) is 48.1 Å². The van der Waals surface area contributed by atoms with E-state index in [-0.39, 0.29) is 5.91 Å². The Labute approximate surface area is 138 Å². The maximum absolute atomic E-state index is 13.1. The van der Waals surface area contributed by atoms with Gasteiger partial charge in [0.2, 0.25) is 0 Å². The summed E-state index contributed by atoms with van der Waals surface area (Å²) in [6.07, 6.45) is 5.54. The van der Waals surface area contributed by atoms with Crippen LogP contribution in [0.2, 0.25) is 0 Å². The maximum atomic E-state index is 13.1. The number of aromatic amines is 1. The molecule has 2 aromatic heterocycles. The van der Waals surface area contributed by atoms with E-state index in [0.717, 1.165) is 29.1 Å². The molecule has 4 rings (SSSR count). The van der Waals surface area contributed by atoms with Gasteiger partial charge in [0.1, 0.15) is 5.01 Å². The lowest BCUT2D eigenvalue weighted by atomic mass is 10.1. The number of carbonyl (C=O) groups excluding carboxylic acids is 1. The van der Waals surface area contributed by atoms with Crippen LogP contribution in [0, 0.1) is 0 Å². The molecule has 0 saturated heterocycles. The molecule has 23 heavy (non-hydrogen) atoms. The van der Waals surface area contributed by atoms with E-state index in [1.165, 1.54) is 0 Å². The fraction of sp³-hybridized carbons (Fsp3) is 0.235. The zero-order valence-corrected chi connectivity index (χ0v) is 13.3. The van der Waals surface area contributed by atoms with Gasteiger partial charge in [-0.1, -0.05) is 30.3 Å². The second kappa shape index (κ2) is 5.96. The number of nitrogens with one attached hydrogen (secondary N) is 1. The molecule has 1 aliphatic rings. The third-order valence-corrected chi connectivity index (χ3v) is 4.73. The number of hydrogen-bond donors (Lipinski definition) is 1. The Morgan fingerprint density at radius 3 is 2.83 bits per heavy atom. The molecule has 1 fully saturated rings. The minimum absolute atomic E-state index is 0.0234. The smallest absolute Gasteiger partial charge is 0.258 e. The number of rotatable bonds is 5. The Bertz CT molecular complexity index is 793. The van der Waals surface area contributed by atoms with E-state index in [1.54, 1.807) is 23.7 Å². The number of hydrogen-bond acceptors (Lipinski definition) is 4. The molecule has 1 aromatic carbocycles. The van der Waals surface area contributed by atoms with Gasteiger partial charge in [-0.25, -0.2) is 4.98 Å². The first kappa shape index (κ1) is 14.1. The van der Waals surface area contributed by atoms with Crippen molar-refractivity contribution in [1.82, 2.24) is 20.1 Å². The highest BCUT2D eigenvalue weighted by atomic mass is 32.1. The summed E-state index contributed by atoms with van der Waals surface area (Å²) in [6.45, 7) is 0.570. The van der Waals surface area contributed by atoms with E-state index in [0.29, 0.717) is 18.2 Å². The highest BCUT2D eigenvalue weighted by Gasteiger charge is 2.34. The molecule has 1 aliphatic carbocycles. The summed E-state index contributed by atoms with van der Waals surface area (Å²) in [7, 11) is 0. The Hall–Kier alpha value is -2.47. The van der Waals surface area contributed by atoms with Crippen molar-refractivity contribution in [1.29, 1.82) is 0 Å². The Morgan fingerprint density at radius 2 is 2.13 bits per heavy atom. The summed E-state index contributed by atoms with van der Waals surface area (Å²) < 4.78 is 0. The number of thiazole rings is 1. The van der Waals surface area contributed by atoms with Crippen molar-refractivity contribution in [2.24, 2.45) is 0 Å². The van der Waals surface area contributed by atoms with Gasteiger partial charge in [-0.2, -0.15) is 5.10 Å². The number of nitrogens with zero attached hydrogens (tertiary/aromatic N) is 3. The average molecular weight is 324 g/mol. The molecular formula is C17H16N4OS. The van der Waals surface area contributed by atoms with Gasteiger partial charge in [0.25, 0.3) is 5.91 Å². The predicted molar refractivity (Wildman–Crippen MR) is 89.0 cm³/mol. The molecule has 0 bridgehead atoms. The molecule has 116 valence electrons. The van der Waals surface area contributed by atoms with Crippen molar-refractivity contribution in [2.45, 2.75) is 25.4 Å². The summed E-state index contributed by atoms with van der Waals surface area (Å²) in [6, 6.07) is 10.2. The van der Waals surface area contributed by atoms with E-state index in [2.05, 4.69) is 15.2 Å². The second-order valence-electron chi connectivity index (χ2n) is 5.61. The first-order valence-electron chi connectivity index (χ1n) is 7.61. The van der Waals surface area contributed by atoms with Gasteiger partial charge in [-0.3, -0.25) is 9.89 Å². The third-order valence-electron chi connectivity index (χ3n) is 3.97. The zero-order valence-electron chi connectivity index (χ0n) is 12.5. The van der Waals surface area contributed by atoms with Gasteiger partial charge in [0, 0.05) is 23.2 Å². The van der Waals surface area contributed by atoms with E-state index in [4.69, 9.17) is 0 Å². The van der Waals surface area contributed by atoms with E-state index in [9.17, 15) is 4.79 Å².